The fourth-order valence-corrected chi connectivity index (χ4v) is 8.26. The van der Waals surface area contributed by atoms with Crippen LogP contribution in [0, 0.1) is 59.2 Å². The molecular formula is C22H28O6. The second kappa shape index (κ2) is 6.39. The van der Waals surface area contributed by atoms with Gasteiger partial charge in [-0.05, 0) is 61.2 Å². The van der Waals surface area contributed by atoms with Crippen molar-refractivity contribution in [2.45, 2.75) is 38.5 Å². The van der Waals surface area contributed by atoms with E-state index in [-0.39, 0.29) is 47.1 Å². The smallest absolute Gasteiger partial charge is 0.309 e. The minimum absolute atomic E-state index is 0.140. The van der Waals surface area contributed by atoms with Gasteiger partial charge in [0.1, 0.15) is 11.6 Å². The average Bonchev–Trinajstić information content (AvgIpc) is 3.42. The molecule has 28 heavy (non-hydrogen) atoms. The van der Waals surface area contributed by atoms with Crippen molar-refractivity contribution in [3.63, 3.8) is 0 Å². The number of ether oxygens (including phenoxy) is 2. The number of methoxy groups -OCH3 is 2. The zero-order valence-corrected chi connectivity index (χ0v) is 16.5. The standard InChI is InChI=1S/C22H28O6/c1-27-21(25)19-17-11(7-9-3-5-13(23)15(9)17)12-8-10-4-6-14(24)16(10)18(12)20(19)22(26)28-2/h9-12,15-20H,3-8H2,1-2H3/t9-,10+,11-,12+,15-,16-,17-,18-,19-,20-/m0/s1. The van der Waals surface area contributed by atoms with Gasteiger partial charge in [-0.3, -0.25) is 19.2 Å². The number of hydrogen-bond acceptors (Lipinski definition) is 6. The predicted octanol–water partition coefficient (Wildman–Crippen LogP) is 2.04. The Bertz CT molecular complexity index is 681. The summed E-state index contributed by atoms with van der Waals surface area (Å²) in [6, 6.07) is 0. The van der Waals surface area contributed by atoms with E-state index in [1.165, 1.54) is 14.2 Å². The highest BCUT2D eigenvalue weighted by molar-refractivity contribution is 5.89. The van der Waals surface area contributed by atoms with Crippen LogP contribution in [-0.4, -0.2) is 37.7 Å². The molecule has 0 amide bonds. The van der Waals surface area contributed by atoms with Gasteiger partial charge in [0.15, 0.2) is 0 Å². The third-order valence-electron chi connectivity index (χ3n) is 8.96. The van der Waals surface area contributed by atoms with Crippen molar-refractivity contribution in [3.8, 4) is 0 Å². The van der Waals surface area contributed by atoms with Crippen LogP contribution in [0.2, 0.25) is 0 Å². The van der Waals surface area contributed by atoms with E-state index < -0.39 is 23.8 Å². The summed E-state index contributed by atoms with van der Waals surface area (Å²) in [5, 5.41) is 0. The number of rotatable bonds is 2. The Morgan fingerprint density at radius 3 is 1.50 bits per heavy atom. The third-order valence-corrected chi connectivity index (χ3v) is 8.96. The van der Waals surface area contributed by atoms with Crippen molar-refractivity contribution in [2.75, 3.05) is 14.2 Å². The summed E-state index contributed by atoms with van der Waals surface area (Å²) < 4.78 is 10.3. The molecular weight excluding hydrogens is 360 g/mol. The van der Waals surface area contributed by atoms with Crippen molar-refractivity contribution in [3.05, 3.63) is 0 Å². The fourth-order valence-electron chi connectivity index (χ4n) is 8.26. The predicted molar refractivity (Wildman–Crippen MR) is 96.6 cm³/mol. The van der Waals surface area contributed by atoms with E-state index in [9.17, 15) is 19.2 Å². The van der Waals surface area contributed by atoms with E-state index >= 15 is 0 Å². The van der Waals surface area contributed by atoms with Gasteiger partial charge < -0.3 is 9.47 Å². The molecule has 10 atom stereocenters. The summed E-state index contributed by atoms with van der Waals surface area (Å²) in [4.78, 5) is 51.4. The molecule has 6 nitrogen and oxygen atoms in total. The van der Waals surface area contributed by atoms with Crippen LogP contribution in [0.3, 0.4) is 0 Å². The van der Waals surface area contributed by atoms with Gasteiger partial charge in [0.05, 0.1) is 26.1 Å². The topological polar surface area (TPSA) is 86.7 Å². The zero-order chi connectivity index (χ0) is 19.7. The van der Waals surface area contributed by atoms with Gasteiger partial charge >= 0.3 is 11.9 Å². The summed E-state index contributed by atoms with van der Waals surface area (Å²) in [6.07, 6.45) is 4.81. The molecule has 0 unspecified atom stereocenters. The van der Waals surface area contributed by atoms with Crippen molar-refractivity contribution < 1.29 is 28.7 Å². The summed E-state index contributed by atoms with van der Waals surface area (Å²) in [5.41, 5.74) is 0. The molecule has 0 radical (unpaired) electrons. The molecule has 5 aliphatic rings. The highest BCUT2D eigenvalue weighted by atomic mass is 16.5. The van der Waals surface area contributed by atoms with Crippen molar-refractivity contribution in [1.29, 1.82) is 0 Å². The molecule has 0 aromatic rings. The Morgan fingerprint density at radius 2 is 1.14 bits per heavy atom. The maximum absolute atomic E-state index is 13.0. The Balaban J connectivity index is 1.63. The molecule has 5 aliphatic carbocycles. The summed E-state index contributed by atoms with van der Waals surface area (Å²) >= 11 is 0. The van der Waals surface area contributed by atoms with Crippen molar-refractivity contribution in [1.82, 2.24) is 0 Å². The van der Waals surface area contributed by atoms with Crippen LogP contribution in [-0.2, 0) is 28.7 Å². The van der Waals surface area contributed by atoms with E-state index in [1.54, 1.807) is 0 Å². The van der Waals surface area contributed by atoms with E-state index in [0.29, 0.717) is 24.7 Å². The lowest BCUT2D eigenvalue weighted by molar-refractivity contribution is -0.173. The Labute approximate surface area is 164 Å². The SMILES string of the molecule is COC(=O)[C@@H]1[C@@H](C(=O)OC)[C@H]2[C@@H](C[C@@H]3CCC(=O)[C@H]32)[C@H]2C[C@H]3CCC(=O)[C@H]3[C@H]21. The third kappa shape index (κ3) is 2.26. The Kier molecular flexibility index (Phi) is 4.18. The van der Waals surface area contributed by atoms with Crippen LogP contribution < -0.4 is 0 Å². The molecule has 0 aromatic carbocycles. The molecule has 0 aliphatic heterocycles. The average molecular weight is 388 g/mol. The number of Topliss-reactive ketones (excluding diaryl/α,β-unsaturated/α-hetero) is 2. The maximum Gasteiger partial charge on any atom is 0.309 e. The number of carbonyl (C=O) groups excluding carboxylic acids is 4. The van der Waals surface area contributed by atoms with Gasteiger partial charge in [-0.1, -0.05) is 0 Å². The highest BCUT2D eigenvalue weighted by Crippen LogP contribution is 2.67. The van der Waals surface area contributed by atoms with Gasteiger partial charge in [0.25, 0.3) is 0 Å². The van der Waals surface area contributed by atoms with E-state index in [4.69, 9.17) is 9.47 Å². The first-order valence-electron chi connectivity index (χ1n) is 10.7. The Hall–Kier alpha value is -1.72. The summed E-state index contributed by atoms with van der Waals surface area (Å²) in [7, 11) is 2.69. The largest absolute Gasteiger partial charge is 0.469 e. The number of hydrogen-bond donors (Lipinski definition) is 0. The molecule has 0 heterocycles. The van der Waals surface area contributed by atoms with Crippen LogP contribution in [0.1, 0.15) is 38.5 Å². The molecule has 5 rings (SSSR count). The normalized spacial score (nSPS) is 48.6. The van der Waals surface area contributed by atoms with Crippen LogP contribution in [0.25, 0.3) is 0 Å². The minimum Gasteiger partial charge on any atom is -0.469 e. The molecule has 0 spiro atoms. The van der Waals surface area contributed by atoms with E-state index in [2.05, 4.69) is 0 Å². The second-order valence-electron chi connectivity index (χ2n) is 9.63. The summed E-state index contributed by atoms with van der Waals surface area (Å²) in [6.45, 7) is 0. The second-order valence-corrected chi connectivity index (χ2v) is 9.63. The molecule has 0 saturated heterocycles. The van der Waals surface area contributed by atoms with Gasteiger partial charge in [0, 0.05) is 24.7 Å². The fraction of sp³-hybridized carbons (Fsp3) is 0.818. The lowest BCUT2D eigenvalue weighted by Gasteiger charge is -2.47. The molecule has 0 bridgehead atoms. The number of ketones is 2. The summed E-state index contributed by atoms with van der Waals surface area (Å²) in [5.74, 6) is -1.20. The lowest BCUT2D eigenvalue weighted by Crippen LogP contribution is -2.53. The van der Waals surface area contributed by atoms with Crippen LogP contribution in [0.5, 0.6) is 0 Å². The molecule has 0 N–H and O–H groups in total. The number of fused-ring (bicyclic) bond motifs is 7. The van der Waals surface area contributed by atoms with E-state index in [1.807, 2.05) is 0 Å². The first kappa shape index (κ1) is 18.3. The van der Waals surface area contributed by atoms with Crippen LogP contribution in [0.4, 0.5) is 0 Å². The molecule has 152 valence electrons. The van der Waals surface area contributed by atoms with Crippen molar-refractivity contribution >= 4 is 23.5 Å². The van der Waals surface area contributed by atoms with Crippen molar-refractivity contribution in [2.24, 2.45) is 59.2 Å². The van der Waals surface area contributed by atoms with Gasteiger partial charge in [-0.2, -0.15) is 0 Å². The maximum atomic E-state index is 13.0. The quantitative estimate of drug-likeness (QED) is 0.673. The minimum atomic E-state index is -0.673. The Morgan fingerprint density at radius 1 is 0.750 bits per heavy atom. The monoisotopic (exact) mass is 388 g/mol. The zero-order valence-electron chi connectivity index (χ0n) is 16.5. The molecule has 0 aromatic heterocycles. The van der Waals surface area contributed by atoms with Crippen LogP contribution >= 0.6 is 0 Å². The van der Waals surface area contributed by atoms with Crippen LogP contribution in [0.15, 0.2) is 0 Å². The van der Waals surface area contributed by atoms with Gasteiger partial charge in [-0.15, -0.1) is 0 Å². The van der Waals surface area contributed by atoms with Gasteiger partial charge in [-0.25, -0.2) is 0 Å². The molecule has 6 heteroatoms. The number of carbonyl (C=O) groups is 4. The molecule has 5 fully saturated rings. The van der Waals surface area contributed by atoms with Gasteiger partial charge in [0.2, 0.25) is 0 Å². The first-order valence-corrected chi connectivity index (χ1v) is 10.7. The highest BCUT2D eigenvalue weighted by Gasteiger charge is 2.68. The molecule has 5 saturated carbocycles. The number of esters is 2. The first-order chi connectivity index (χ1) is 13.5. The lowest BCUT2D eigenvalue weighted by atomic mass is 9.55. The van der Waals surface area contributed by atoms with E-state index in [0.717, 1.165) is 25.7 Å².